The molecule has 0 heterocycles. The first kappa shape index (κ1) is 15.4. The minimum Gasteiger partial charge on any atom is -0.497 e. The Labute approximate surface area is 123 Å². The number of ether oxygens (including phenoxy) is 1. The molecule has 2 atom stereocenters. The summed E-state index contributed by atoms with van der Waals surface area (Å²) in [6.45, 7) is 10.2. The van der Waals surface area contributed by atoms with Gasteiger partial charge in [-0.15, -0.1) is 0 Å². The van der Waals surface area contributed by atoms with Gasteiger partial charge in [-0.05, 0) is 57.2 Å². The fourth-order valence-corrected chi connectivity index (χ4v) is 3.39. The van der Waals surface area contributed by atoms with Gasteiger partial charge in [-0.25, -0.2) is 0 Å². The number of methoxy groups -OCH3 is 1. The van der Waals surface area contributed by atoms with Gasteiger partial charge in [-0.3, -0.25) is 0 Å². The summed E-state index contributed by atoms with van der Waals surface area (Å²) in [5, 5.41) is 3.73. The predicted octanol–water partition coefficient (Wildman–Crippen LogP) is 4.14. The summed E-state index contributed by atoms with van der Waals surface area (Å²) in [7, 11) is 1.73. The maximum atomic E-state index is 5.29. The van der Waals surface area contributed by atoms with E-state index in [2.05, 4.69) is 57.3 Å². The third-order valence-corrected chi connectivity index (χ3v) is 4.80. The molecule has 1 N–H and O–H groups in total. The van der Waals surface area contributed by atoms with E-state index < -0.39 is 0 Å². The number of rotatable bonds is 4. The number of hydrogen-bond acceptors (Lipinski definition) is 2. The average Bonchev–Trinajstić information content (AvgIpc) is 2.78. The number of benzene rings is 1. The molecule has 1 aromatic rings. The molecule has 0 bridgehead atoms. The van der Waals surface area contributed by atoms with Crippen molar-refractivity contribution in [1.82, 2.24) is 5.32 Å². The van der Waals surface area contributed by atoms with Crippen molar-refractivity contribution in [3.8, 4) is 5.75 Å². The van der Waals surface area contributed by atoms with Crippen LogP contribution in [0.5, 0.6) is 5.75 Å². The molecule has 1 aliphatic carbocycles. The molecule has 1 saturated carbocycles. The number of hydrogen-bond donors (Lipinski definition) is 1. The molecule has 2 nitrogen and oxygen atoms in total. The van der Waals surface area contributed by atoms with Gasteiger partial charge in [0.2, 0.25) is 0 Å². The van der Waals surface area contributed by atoms with E-state index in [4.69, 9.17) is 4.74 Å². The largest absolute Gasteiger partial charge is 0.497 e. The Hall–Kier alpha value is -1.02. The van der Waals surface area contributed by atoms with E-state index in [9.17, 15) is 0 Å². The highest BCUT2D eigenvalue weighted by molar-refractivity contribution is 5.34. The Kier molecular flexibility index (Phi) is 4.43. The van der Waals surface area contributed by atoms with Crippen molar-refractivity contribution in [3.63, 3.8) is 0 Å². The topological polar surface area (TPSA) is 21.3 Å². The lowest BCUT2D eigenvalue weighted by Crippen LogP contribution is -2.47. The lowest BCUT2D eigenvalue weighted by molar-refractivity contribution is 0.279. The molecule has 1 fully saturated rings. The van der Waals surface area contributed by atoms with Crippen molar-refractivity contribution < 1.29 is 4.74 Å². The van der Waals surface area contributed by atoms with Gasteiger partial charge >= 0.3 is 0 Å². The van der Waals surface area contributed by atoms with Crippen LogP contribution in [0, 0.1) is 5.92 Å². The molecule has 0 aromatic heterocycles. The fraction of sp³-hybridized carbons (Fsp3) is 0.667. The van der Waals surface area contributed by atoms with Crippen LogP contribution >= 0.6 is 0 Å². The van der Waals surface area contributed by atoms with Crippen LogP contribution in [0.3, 0.4) is 0 Å². The van der Waals surface area contributed by atoms with Crippen molar-refractivity contribution in [3.05, 3.63) is 29.8 Å². The van der Waals surface area contributed by atoms with Gasteiger partial charge in [0.25, 0.3) is 0 Å². The molecule has 0 saturated heterocycles. The van der Waals surface area contributed by atoms with E-state index in [0.29, 0.717) is 0 Å². The molecule has 2 rings (SSSR count). The molecule has 0 radical (unpaired) electrons. The average molecular weight is 275 g/mol. The maximum absolute atomic E-state index is 5.29. The van der Waals surface area contributed by atoms with Crippen molar-refractivity contribution in [2.45, 2.75) is 57.9 Å². The molecule has 20 heavy (non-hydrogen) atoms. The van der Waals surface area contributed by atoms with Gasteiger partial charge in [0.05, 0.1) is 7.11 Å². The zero-order chi connectivity index (χ0) is 14.8. The summed E-state index contributed by atoms with van der Waals surface area (Å²) in [6, 6.07) is 8.70. The summed E-state index contributed by atoms with van der Waals surface area (Å²) in [5.74, 6) is 1.67. The molecular formula is C18H29NO. The quantitative estimate of drug-likeness (QED) is 0.891. The Morgan fingerprint density at radius 1 is 1.25 bits per heavy atom. The van der Waals surface area contributed by atoms with Gasteiger partial charge in [-0.1, -0.05) is 25.5 Å². The summed E-state index contributed by atoms with van der Waals surface area (Å²) >= 11 is 0. The Bertz CT molecular complexity index is 432. The van der Waals surface area contributed by atoms with Crippen molar-refractivity contribution in [1.29, 1.82) is 0 Å². The van der Waals surface area contributed by atoms with Gasteiger partial charge in [0, 0.05) is 17.5 Å². The van der Waals surface area contributed by atoms with Crippen molar-refractivity contribution in [2.75, 3.05) is 13.7 Å². The van der Waals surface area contributed by atoms with Crippen LogP contribution in [0.15, 0.2) is 24.3 Å². The van der Waals surface area contributed by atoms with E-state index in [1.54, 1.807) is 7.11 Å². The predicted molar refractivity (Wildman–Crippen MR) is 85.4 cm³/mol. The normalized spacial score (nSPS) is 26.8. The van der Waals surface area contributed by atoms with Crippen molar-refractivity contribution >= 4 is 0 Å². The van der Waals surface area contributed by atoms with E-state index in [-0.39, 0.29) is 11.0 Å². The van der Waals surface area contributed by atoms with Gasteiger partial charge in [0.15, 0.2) is 0 Å². The first-order valence-corrected chi connectivity index (χ1v) is 7.77. The van der Waals surface area contributed by atoms with Gasteiger partial charge in [-0.2, -0.15) is 0 Å². The summed E-state index contributed by atoms with van der Waals surface area (Å²) in [6.07, 6.45) is 3.94. The Morgan fingerprint density at radius 2 is 1.90 bits per heavy atom. The second-order valence-electron chi connectivity index (χ2n) is 7.28. The minimum atomic E-state index is 0.168. The monoisotopic (exact) mass is 275 g/mol. The van der Waals surface area contributed by atoms with E-state index in [0.717, 1.165) is 18.2 Å². The minimum absolute atomic E-state index is 0.168. The third kappa shape index (κ3) is 3.17. The number of nitrogens with one attached hydrogen (secondary N) is 1. The smallest absolute Gasteiger partial charge is 0.118 e. The second-order valence-corrected chi connectivity index (χ2v) is 7.28. The molecule has 2 heteroatoms. The van der Waals surface area contributed by atoms with E-state index in [1.807, 2.05) is 0 Å². The Balaban J connectivity index is 2.26. The SMILES string of the molecule is COc1ccc(C2(CNC(C)(C)C)CCCC2C)cc1. The van der Waals surface area contributed by atoms with Gasteiger partial charge < -0.3 is 10.1 Å². The highest BCUT2D eigenvalue weighted by atomic mass is 16.5. The molecule has 0 aliphatic heterocycles. The zero-order valence-corrected chi connectivity index (χ0v) is 13.6. The molecule has 1 aromatic carbocycles. The van der Waals surface area contributed by atoms with Crippen LogP contribution < -0.4 is 10.1 Å². The zero-order valence-electron chi connectivity index (χ0n) is 13.6. The second kappa shape index (κ2) is 5.77. The lowest BCUT2D eigenvalue weighted by Gasteiger charge is -2.38. The molecule has 2 unspecified atom stereocenters. The standard InChI is InChI=1S/C18H29NO/c1-14-7-6-12-18(14,13-19-17(2,3)4)15-8-10-16(20-5)11-9-15/h8-11,14,19H,6-7,12-13H2,1-5H3. The van der Waals surface area contributed by atoms with Gasteiger partial charge in [0.1, 0.15) is 5.75 Å². The summed E-state index contributed by atoms with van der Waals surface area (Å²) in [4.78, 5) is 0. The molecule has 1 aliphatic rings. The molecular weight excluding hydrogens is 246 g/mol. The summed E-state index contributed by atoms with van der Waals surface area (Å²) < 4.78 is 5.29. The van der Waals surface area contributed by atoms with Crippen LogP contribution in [0.4, 0.5) is 0 Å². The molecule has 0 spiro atoms. The fourth-order valence-electron chi connectivity index (χ4n) is 3.39. The van der Waals surface area contributed by atoms with Crippen molar-refractivity contribution in [2.24, 2.45) is 5.92 Å². The van der Waals surface area contributed by atoms with Crippen LogP contribution in [-0.4, -0.2) is 19.2 Å². The first-order valence-electron chi connectivity index (χ1n) is 7.77. The van der Waals surface area contributed by atoms with E-state index in [1.165, 1.54) is 24.8 Å². The van der Waals surface area contributed by atoms with Crippen LogP contribution in [-0.2, 0) is 5.41 Å². The Morgan fingerprint density at radius 3 is 2.35 bits per heavy atom. The highest BCUT2D eigenvalue weighted by Crippen LogP contribution is 2.45. The maximum Gasteiger partial charge on any atom is 0.118 e. The summed E-state index contributed by atoms with van der Waals surface area (Å²) in [5.41, 5.74) is 1.90. The van der Waals surface area contributed by atoms with Crippen LogP contribution in [0.25, 0.3) is 0 Å². The third-order valence-electron chi connectivity index (χ3n) is 4.80. The van der Waals surface area contributed by atoms with E-state index >= 15 is 0 Å². The molecule has 0 amide bonds. The first-order chi connectivity index (χ1) is 9.37. The van der Waals surface area contributed by atoms with Crippen LogP contribution in [0.2, 0.25) is 0 Å². The van der Waals surface area contributed by atoms with Crippen LogP contribution in [0.1, 0.15) is 52.5 Å². The molecule has 112 valence electrons. The lowest BCUT2D eigenvalue weighted by atomic mass is 9.72. The highest BCUT2D eigenvalue weighted by Gasteiger charge is 2.41.